The number of rotatable bonds is 7. The summed E-state index contributed by atoms with van der Waals surface area (Å²) in [6.45, 7) is 2.12. The Kier molecular flexibility index (Phi) is 7.33. The van der Waals surface area contributed by atoms with Gasteiger partial charge in [-0.05, 0) is 55.7 Å². The molecule has 1 saturated heterocycles. The highest BCUT2D eigenvalue weighted by atomic mass is 16.5. The molecule has 1 aliphatic heterocycles. The summed E-state index contributed by atoms with van der Waals surface area (Å²) in [5.74, 6) is 1.58. The minimum Gasteiger partial charge on any atom is -0.497 e. The van der Waals surface area contributed by atoms with Gasteiger partial charge in [-0.1, -0.05) is 25.0 Å². The van der Waals surface area contributed by atoms with Gasteiger partial charge in [-0.3, -0.25) is 9.59 Å². The minimum atomic E-state index is -0.0809. The molecule has 6 heteroatoms. The molecule has 0 N–H and O–H groups in total. The van der Waals surface area contributed by atoms with Crippen molar-refractivity contribution < 1.29 is 23.8 Å². The smallest absolute Gasteiger partial charge is 0.261 e. The summed E-state index contributed by atoms with van der Waals surface area (Å²) in [4.78, 5) is 26.6. The number of carbonyl (C=O) groups is 2. The average molecular weight is 411 g/mol. The molecule has 3 rings (SSSR count). The van der Waals surface area contributed by atoms with Crippen LogP contribution in [0.15, 0.2) is 42.5 Å². The molecule has 160 valence electrons. The second-order valence-corrected chi connectivity index (χ2v) is 7.44. The molecule has 2 aromatic rings. The molecule has 1 atom stereocenters. The van der Waals surface area contributed by atoms with Crippen LogP contribution in [0.5, 0.6) is 17.2 Å². The zero-order valence-electron chi connectivity index (χ0n) is 17.8. The molecular weight excluding hydrogens is 382 g/mol. The Hall–Kier alpha value is -3.02. The summed E-state index contributed by atoms with van der Waals surface area (Å²) in [5, 5.41) is 0. The Morgan fingerprint density at radius 1 is 0.967 bits per heavy atom. The summed E-state index contributed by atoms with van der Waals surface area (Å²) < 4.78 is 16.4. The third-order valence-electron chi connectivity index (χ3n) is 5.50. The second kappa shape index (κ2) is 10.1. The van der Waals surface area contributed by atoms with E-state index in [1.807, 2.05) is 29.2 Å². The van der Waals surface area contributed by atoms with Gasteiger partial charge in [0.05, 0.1) is 20.3 Å². The number of likely N-dealkylation sites (tertiary alicyclic amines) is 1. The Morgan fingerprint density at radius 2 is 1.73 bits per heavy atom. The van der Waals surface area contributed by atoms with Crippen LogP contribution in [-0.2, 0) is 4.79 Å². The van der Waals surface area contributed by atoms with E-state index in [0.717, 1.165) is 37.0 Å². The molecule has 0 aliphatic carbocycles. The van der Waals surface area contributed by atoms with Crippen LogP contribution in [0.2, 0.25) is 0 Å². The lowest BCUT2D eigenvalue weighted by Crippen LogP contribution is -2.38. The Morgan fingerprint density at radius 3 is 2.40 bits per heavy atom. The van der Waals surface area contributed by atoms with Crippen molar-refractivity contribution in [2.45, 2.75) is 38.6 Å². The van der Waals surface area contributed by atoms with Crippen molar-refractivity contribution in [3.05, 3.63) is 53.6 Å². The molecule has 0 saturated carbocycles. The van der Waals surface area contributed by atoms with Gasteiger partial charge in [0.15, 0.2) is 23.9 Å². The number of hydrogen-bond donors (Lipinski definition) is 0. The highest BCUT2D eigenvalue weighted by Crippen LogP contribution is 2.32. The number of benzene rings is 2. The summed E-state index contributed by atoms with van der Waals surface area (Å²) in [6, 6.07) is 12.9. The maximum absolute atomic E-state index is 13.1. The van der Waals surface area contributed by atoms with E-state index in [2.05, 4.69) is 0 Å². The maximum atomic E-state index is 13.1. The summed E-state index contributed by atoms with van der Waals surface area (Å²) in [7, 11) is 3.16. The SMILES string of the molecule is COc1ccc(C2CCCCCN2C(=O)COc2ccc(C(C)=O)cc2OC)cc1. The highest BCUT2D eigenvalue weighted by Gasteiger charge is 2.27. The molecule has 1 amide bonds. The topological polar surface area (TPSA) is 65.1 Å². The molecule has 2 aromatic carbocycles. The van der Waals surface area contributed by atoms with Crippen LogP contribution in [0.1, 0.15) is 54.6 Å². The van der Waals surface area contributed by atoms with E-state index in [4.69, 9.17) is 14.2 Å². The molecule has 0 bridgehead atoms. The first-order valence-corrected chi connectivity index (χ1v) is 10.3. The van der Waals surface area contributed by atoms with E-state index in [9.17, 15) is 9.59 Å². The second-order valence-electron chi connectivity index (χ2n) is 7.44. The fraction of sp³-hybridized carbons (Fsp3) is 0.417. The lowest BCUT2D eigenvalue weighted by molar-refractivity contribution is -0.135. The van der Waals surface area contributed by atoms with Crippen molar-refractivity contribution in [2.75, 3.05) is 27.4 Å². The third-order valence-corrected chi connectivity index (χ3v) is 5.50. The van der Waals surface area contributed by atoms with Crippen LogP contribution in [0.4, 0.5) is 0 Å². The molecule has 0 spiro atoms. The van der Waals surface area contributed by atoms with Crippen LogP contribution < -0.4 is 14.2 Å². The Balaban J connectivity index is 1.74. The van der Waals surface area contributed by atoms with Crippen LogP contribution >= 0.6 is 0 Å². The number of ketones is 1. The van der Waals surface area contributed by atoms with Crippen molar-refractivity contribution in [3.63, 3.8) is 0 Å². The number of carbonyl (C=O) groups excluding carboxylic acids is 2. The fourth-order valence-corrected chi connectivity index (χ4v) is 3.81. The number of ether oxygens (including phenoxy) is 3. The lowest BCUT2D eigenvalue weighted by atomic mass is 10.0. The highest BCUT2D eigenvalue weighted by molar-refractivity contribution is 5.94. The maximum Gasteiger partial charge on any atom is 0.261 e. The normalized spacial score (nSPS) is 16.5. The number of methoxy groups -OCH3 is 2. The average Bonchev–Trinajstić information content (AvgIpc) is 3.03. The third kappa shape index (κ3) is 5.12. The predicted octanol–water partition coefficient (Wildman–Crippen LogP) is 4.43. The molecule has 1 unspecified atom stereocenters. The van der Waals surface area contributed by atoms with E-state index in [1.165, 1.54) is 14.0 Å². The van der Waals surface area contributed by atoms with E-state index in [0.29, 0.717) is 23.6 Å². The number of Topliss-reactive ketones (excluding diaryl/α,β-unsaturated/α-hetero) is 1. The van der Waals surface area contributed by atoms with Gasteiger partial charge in [-0.15, -0.1) is 0 Å². The zero-order valence-corrected chi connectivity index (χ0v) is 17.8. The van der Waals surface area contributed by atoms with Crippen molar-refractivity contribution in [3.8, 4) is 17.2 Å². The molecule has 30 heavy (non-hydrogen) atoms. The van der Waals surface area contributed by atoms with Crippen LogP contribution in [0.3, 0.4) is 0 Å². The van der Waals surface area contributed by atoms with Crippen molar-refractivity contribution in [2.24, 2.45) is 0 Å². The lowest BCUT2D eigenvalue weighted by Gasteiger charge is -2.30. The van der Waals surface area contributed by atoms with Crippen LogP contribution in [0.25, 0.3) is 0 Å². The monoisotopic (exact) mass is 411 g/mol. The predicted molar refractivity (Wildman–Crippen MR) is 114 cm³/mol. The van der Waals surface area contributed by atoms with Gasteiger partial charge in [-0.25, -0.2) is 0 Å². The first-order chi connectivity index (χ1) is 14.5. The van der Waals surface area contributed by atoms with Crippen molar-refractivity contribution >= 4 is 11.7 Å². The number of nitrogens with zero attached hydrogens (tertiary/aromatic N) is 1. The van der Waals surface area contributed by atoms with Gasteiger partial charge in [0.1, 0.15) is 5.75 Å². The molecular formula is C24H29NO5. The van der Waals surface area contributed by atoms with Gasteiger partial charge in [0.25, 0.3) is 5.91 Å². The summed E-state index contributed by atoms with van der Waals surface area (Å²) in [6.07, 6.45) is 4.10. The first kappa shape index (κ1) is 21.7. The molecule has 0 aromatic heterocycles. The zero-order chi connectivity index (χ0) is 21.5. The fourth-order valence-electron chi connectivity index (χ4n) is 3.81. The molecule has 1 fully saturated rings. The van der Waals surface area contributed by atoms with Gasteiger partial charge < -0.3 is 19.1 Å². The molecule has 0 radical (unpaired) electrons. The molecule has 6 nitrogen and oxygen atoms in total. The Bertz CT molecular complexity index is 878. The van der Waals surface area contributed by atoms with Gasteiger partial charge >= 0.3 is 0 Å². The summed E-state index contributed by atoms with van der Waals surface area (Å²) in [5.41, 5.74) is 1.65. The largest absolute Gasteiger partial charge is 0.497 e. The van der Waals surface area contributed by atoms with Crippen molar-refractivity contribution in [1.82, 2.24) is 4.90 Å². The standard InChI is InChI=1S/C24H29NO5/c1-17(26)19-10-13-22(23(15-19)29-3)30-16-24(27)25-14-6-4-5-7-21(25)18-8-11-20(28-2)12-9-18/h8-13,15,21H,4-7,14,16H2,1-3H3. The van der Waals surface area contributed by atoms with Gasteiger partial charge in [0.2, 0.25) is 0 Å². The number of amides is 1. The van der Waals surface area contributed by atoms with Crippen LogP contribution in [-0.4, -0.2) is 44.0 Å². The minimum absolute atomic E-state index is 0.0245. The van der Waals surface area contributed by atoms with E-state index in [-0.39, 0.29) is 24.3 Å². The summed E-state index contributed by atoms with van der Waals surface area (Å²) >= 11 is 0. The van der Waals surface area contributed by atoms with Gasteiger partial charge in [-0.2, -0.15) is 0 Å². The molecule has 1 heterocycles. The van der Waals surface area contributed by atoms with Crippen LogP contribution in [0, 0.1) is 0 Å². The number of hydrogen-bond acceptors (Lipinski definition) is 5. The van der Waals surface area contributed by atoms with Gasteiger partial charge in [0, 0.05) is 12.1 Å². The first-order valence-electron chi connectivity index (χ1n) is 10.3. The van der Waals surface area contributed by atoms with E-state index < -0.39 is 0 Å². The Labute approximate surface area is 177 Å². The van der Waals surface area contributed by atoms with E-state index in [1.54, 1.807) is 25.3 Å². The van der Waals surface area contributed by atoms with Crippen molar-refractivity contribution in [1.29, 1.82) is 0 Å². The molecule has 1 aliphatic rings. The quantitative estimate of drug-likeness (QED) is 0.631. The van der Waals surface area contributed by atoms with E-state index >= 15 is 0 Å².